The number of hydrogen-bond acceptors (Lipinski definition) is 3. The van der Waals surface area contributed by atoms with Gasteiger partial charge in [-0.25, -0.2) is 8.42 Å². The molecule has 3 aromatic rings. The van der Waals surface area contributed by atoms with E-state index in [1.54, 1.807) is 30.5 Å². The zero-order chi connectivity index (χ0) is 15.7. The number of methoxy groups -OCH3 is 1. The Morgan fingerprint density at radius 2 is 1.95 bits per heavy atom. The minimum Gasteiger partial charge on any atom is -0.495 e. The number of aryl methyl sites for hydroxylation is 1. The van der Waals surface area contributed by atoms with Crippen LogP contribution in [0.5, 0.6) is 5.75 Å². The van der Waals surface area contributed by atoms with Crippen LogP contribution in [0.1, 0.15) is 5.56 Å². The van der Waals surface area contributed by atoms with E-state index in [0.717, 1.165) is 16.5 Å². The molecule has 0 saturated heterocycles. The Labute approximate surface area is 129 Å². The highest BCUT2D eigenvalue weighted by Crippen LogP contribution is 2.29. The lowest BCUT2D eigenvalue weighted by molar-refractivity contribution is 0.402. The van der Waals surface area contributed by atoms with Crippen molar-refractivity contribution < 1.29 is 13.2 Å². The van der Waals surface area contributed by atoms with E-state index in [1.165, 1.54) is 7.11 Å². The third-order valence-corrected chi connectivity index (χ3v) is 4.83. The van der Waals surface area contributed by atoms with Crippen LogP contribution in [-0.4, -0.2) is 20.5 Å². The van der Waals surface area contributed by atoms with Gasteiger partial charge in [0.05, 0.1) is 12.8 Å². The van der Waals surface area contributed by atoms with E-state index in [4.69, 9.17) is 4.74 Å². The maximum Gasteiger partial charge on any atom is 0.265 e. The van der Waals surface area contributed by atoms with Crippen LogP contribution in [0.15, 0.2) is 53.6 Å². The molecule has 0 bridgehead atoms. The van der Waals surface area contributed by atoms with E-state index < -0.39 is 10.0 Å². The van der Waals surface area contributed by atoms with Crippen molar-refractivity contribution in [3.8, 4) is 5.75 Å². The van der Waals surface area contributed by atoms with Crippen molar-refractivity contribution in [1.82, 2.24) is 4.98 Å². The Morgan fingerprint density at radius 3 is 2.73 bits per heavy atom. The number of anilines is 1. The second-order valence-electron chi connectivity index (χ2n) is 5.00. The largest absolute Gasteiger partial charge is 0.495 e. The topological polar surface area (TPSA) is 71.2 Å². The molecule has 6 heteroatoms. The van der Waals surface area contributed by atoms with Crippen LogP contribution in [0.4, 0.5) is 5.69 Å². The number of sulfonamides is 1. The van der Waals surface area contributed by atoms with Gasteiger partial charge in [-0.15, -0.1) is 0 Å². The molecule has 114 valence electrons. The fraction of sp³-hybridized carbons (Fsp3) is 0.125. The first-order valence-corrected chi connectivity index (χ1v) is 8.23. The van der Waals surface area contributed by atoms with Gasteiger partial charge in [-0.05, 0) is 42.8 Å². The minimum absolute atomic E-state index is 0.127. The number of hydrogen-bond donors (Lipinski definition) is 2. The molecule has 2 aromatic carbocycles. The summed E-state index contributed by atoms with van der Waals surface area (Å²) in [6.45, 7) is 1.84. The van der Waals surface area contributed by atoms with E-state index in [0.29, 0.717) is 11.4 Å². The molecule has 0 amide bonds. The van der Waals surface area contributed by atoms with Crippen molar-refractivity contribution in [3.05, 3.63) is 54.2 Å². The molecule has 22 heavy (non-hydrogen) atoms. The number of benzene rings is 2. The van der Waals surface area contributed by atoms with Crippen LogP contribution in [0, 0.1) is 6.92 Å². The summed E-state index contributed by atoms with van der Waals surface area (Å²) in [7, 11) is -2.28. The summed E-state index contributed by atoms with van der Waals surface area (Å²) in [4.78, 5) is 3.18. The second-order valence-corrected chi connectivity index (χ2v) is 6.66. The van der Waals surface area contributed by atoms with Crippen molar-refractivity contribution in [2.24, 2.45) is 0 Å². The molecule has 0 fully saturated rings. The van der Waals surface area contributed by atoms with Gasteiger partial charge in [0.15, 0.2) is 0 Å². The van der Waals surface area contributed by atoms with E-state index in [-0.39, 0.29) is 4.90 Å². The summed E-state index contributed by atoms with van der Waals surface area (Å²) < 4.78 is 33.2. The van der Waals surface area contributed by atoms with Gasteiger partial charge in [0.1, 0.15) is 10.6 Å². The predicted molar refractivity (Wildman–Crippen MR) is 86.8 cm³/mol. The molecule has 0 unspecified atom stereocenters. The van der Waals surface area contributed by atoms with Crippen LogP contribution in [0.3, 0.4) is 0 Å². The van der Waals surface area contributed by atoms with E-state index in [1.807, 2.05) is 25.1 Å². The minimum atomic E-state index is -3.74. The highest BCUT2D eigenvalue weighted by atomic mass is 32.2. The van der Waals surface area contributed by atoms with Crippen molar-refractivity contribution >= 4 is 26.6 Å². The summed E-state index contributed by atoms with van der Waals surface area (Å²) in [5.74, 6) is 0.319. The van der Waals surface area contributed by atoms with Gasteiger partial charge < -0.3 is 9.72 Å². The Hall–Kier alpha value is -2.47. The smallest absolute Gasteiger partial charge is 0.265 e. The summed E-state index contributed by atoms with van der Waals surface area (Å²) in [5, 5.41) is 0.817. The molecule has 0 aliphatic rings. The first-order valence-electron chi connectivity index (χ1n) is 6.75. The van der Waals surface area contributed by atoms with Crippen LogP contribution in [-0.2, 0) is 10.0 Å². The monoisotopic (exact) mass is 316 g/mol. The molecular weight excluding hydrogens is 300 g/mol. The van der Waals surface area contributed by atoms with Gasteiger partial charge in [-0.1, -0.05) is 12.1 Å². The maximum atomic E-state index is 12.7. The summed E-state index contributed by atoms with van der Waals surface area (Å²) in [6, 6.07) is 12.3. The first-order chi connectivity index (χ1) is 10.5. The summed E-state index contributed by atoms with van der Waals surface area (Å²) in [6.07, 6.45) is 1.77. The third kappa shape index (κ3) is 2.53. The fourth-order valence-electron chi connectivity index (χ4n) is 2.37. The number of aromatic amines is 1. The zero-order valence-electron chi connectivity index (χ0n) is 12.3. The quantitative estimate of drug-likeness (QED) is 0.776. The van der Waals surface area contributed by atoms with Gasteiger partial charge in [-0.3, -0.25) is 4.72 Å². The van der Waals surface area contributed by atoms with Crippen molar-refractivity contribution in [1.29, 1.82) is 0 Å². The van der Waals surface area contributed by atoms with E-state index in [2.05, 4.69) is 9.71 Å². The average Bonchev–Trinajstić information content (AvgIpc) is 2.96. The lowest BCUT2D eigenvalue weighted by Gasteiger charge is -2.13. The van der Waals surface area contributed by atoms with Gasteiger partial charge >= 0.3 is 0 Å². The van der Waals surface area contributed by atoms with Gasteiger partial charge in [0.25, 0.3) is 10.0 Å². The number of rotatable bonds is 4. The van der Waals surface area contributed by atoms with E-state index in [9.17, 15) is 8.42 Å². The molecule has 0 saturated carbocycles. The van der Waals surface area contributed by atoms with E-state index >= 15 is 0 Å². The van der Waals surface area contributed by atoms with Gasteiger partial charge in [-0.2, -0.15) is 0 Å². The van der Waals surface area contributed by atoms with Crippen LogP contribution in [0.2, 0.25) is 0 Å². The lowest BCUT2D eigenvalue weighted by Crippen LogP contribution is -2.14. The van der Waals surface area contributed by atoms with Gasteiger partial charge in [0, 0.05) is 17.1 Å². The Bertz CT molecular complexity index is 929. The van der Waals surface area contributed by atoms with Gasteiger partial charge in [0.2, 0.25) is 0 Å². The molecule has 3 rings (SSSR count). The Balaban J connectivity index is 2.08. The fourth-order valence-corrected chi connectivity index (χ4v) is 3.70. The molecule has 0 atom stereocenters. The third-order valence-electron chi connectivity index (χ3n) is 3.45. The summed E-state index contributed by atoms with van der Waals surface area (Å²) in [5.41, 5.74) is 2.25. The van der Waals surface area contributed by atoms with Crippen molar-refractivity contribution in [3.63, 3.8) is 0 Å². The van der Waals surface area contributed by atoms with Crippen LogP contribution in [0.25, 0.3) is 10.9 Å². The normalized spacial score (nSPS) is 11.5. The molecule has 5 nitrogen and oxygen atoms in total. The highest BCUT2D eigenvalue weighted by Gasteiger charge is 2.20. The van der Waals surface area contributed by atoms with Crippen LogP contribution < -0.4 is 9.46 Å². The average molecular weight is 316 g/mol. The Kier molecular flexibility index (Phi) is 3.54. The predicted octanol–water partition coefficient (Wildman–Crippen LogP) is 3.29. The van der Waals surface area contributed by atoms with Crippen LogP contribution >= 0.6 is 0 Å². The lowest BCUT2D eigenvalue weighted by atomic mass is 10.2. The molecule has 2 N–H and O–H groups in total. The number of fused-ring (bicyclic) bond motifs is 1. The molecule has 0 aliphatic carbocycles. The number of nitrogens with one attached hydrogen (secondary N) is 2. The highest BCUT2D eigenvalue weighted by molar-refractivity contribution is 7.92. The zero-order valence-corrected chi connectivity index (χ0v) is 13.1. The van der Waals surface area contributed by atoms with Crippen molar-refractivity contribution in [2.75, 3.05) is 11.8 Å². The number of H-pyrrole nitrogens is 1. The first kappa shape index (κ1) is 14.5. The molecule has 0 radical (unpaired) electrons. The summed E-state index contributed by atoms with van der Waals surface area (Å²) >= 11 is 0. The Morgan fingerprint density at radius 1 is 1.14 bits per heavy atom. The molecule has 1 aromatic heterocycles. The molecular formula is C16H16N2O3S. The number of ether oxygens (including phenoxy) is 1. The molecule has 0 spiro atoms. The number of aromatic nitrogens is 1. The second kappa shape index (κ2) is 5.38. The SMILES string of the molecule is COc1ccc(C)cc1S(=O)(=O)Nc1cccc2[nH]ccc12. The molecule has 1 heterocycles. The molecule has 0 aliphatic heterocycles. The standard InChI is InChI=1S/C16H16N2O3S/c1-11-6-7-15(21-2)16(10-11)22(19,20)18-14-5-3-4-13-12(14)8-9-17-13/h3-10,17-18H,1-2H3. The van der Waals surface area contributed by atoms with Crippen molar-refractivity contribution in [2.45, 2.75) is 11.8 Å². The maximum absolute atomic E-state index is 12.7.